The van der Waals surface area contributed by atoms with Crippen LogP contribution in [0.3, 0.4) is 0 Å². The van der Waals surface area contributed by atoms with Crippen molar-refractivity contribution in [2.75, 3.05) is 0 Å². The summed E-state index contributed by atoms with van der Waals surface area (Å²) >= 11 is 0. The van der Waals surface area contributed by atoms with Gasteiger partial charge in [-0.2, -0.15) is 0 Å². The van der Waals surface area contributed by atoms with E-state index in [4.69, 9.17) is 0 Å². The third-order valence-electron chi connectivity index (χ3n) is 4.06. The fourth-order valence-electron chi connectivity index (χ4n) is 2.89. The Kier molecular flexibility index (Phi) is 3.20. The number of hydrogen-bond acceptors (Lipinski definition) is 0. The molecule has 72 valence electrons. The van der Waals surface area contributed by atoms with Gasteiger partial charge in [-0.25, -0.2) is 0 Å². The highest BCUT2D eigenvalue weighted by atomic mass is 14.5. The van der Waals surface area contributed by atoms with E-state index in [0.717, 1.165) is 29.6 Å². The maximum Gasteiger partial charge on any atom is -0.0332 e. The Labute approximate surface area is 77.7 Å². The molecule has 1 fully saturated rings. The van der Waals surface area contributed by atoms with Gasteiger partial charge in [-0.15, -0.1) is 0 Å². The van der Waals surface area contributed by atoms with Crippen molar-refractivity contribution in [3.63, 3.8) is 0 Å². The van der Waals surface area contributed by atoms with Crippen molar-refractivity contribution >= 4 is 0 Å². The molecule has 12 heavy (non-hydrogen) atoms. The summed E-state index contributed by atoms with van der Waals surface area (Å²) in [4.78, 5) is 0. The first kappa shape index (κ1) is 10.1. The second-order valence-electron chi connectivity index (χ2n) is 5.06. The van der Waals surface area contributed by atoms with Crippen LogP contribution in [0.15, 0.2) is 0 Å². The van der Waals surface area contributed by atoms with E-state index in [0.29, 0.717) is 0 Å². The molecule has 0 heteroatoms. The normalized spacial score (nSPS) is 38.0. The van der Waals surface area contributed by atoms with E-state index in [9.17, 15) is 0 Å². The molecule has 0 aromatic carbocycles. The van der Waals surface area contributed by atoms with Crippen molar-refractivity contribution in [1.82, 2.24) is 0 Å². The molecule has 0 N–H and O–H groups in total. The maximum atomic E-state index is 2.44. The second kappa shape index (κ2) is 3.81. The Hall–Kier alpha value is 0. The summed E-state index contributed by atoms with van der Waals surface area (Å²) in [7, 11) is 0. The lowest BCUT2D eigenvalue weighted by atomic mass is 9.58. The lowest BCUT2D eigenvalue weighted by molar-refractivity contribution is 0.0156. The Bertz CT molecular complexity index is 137. The Morgan fingerprint density at radius 3 is 2.17 bits per heavy atom. The van der Waals surface area contributed by atoms with Crippen LogP contribution < -0.4 is 0 Å². The molecule has 0 nitrogen and oxygen atoms in total. The molecule has 0 aliphatic heterocycles. The van der Waals surface area contributed by atoms with Crippen LogP contribution in [0.5, 0.6) is 0 Å². The van der Waals surface area contributed by atoms with E-state index in [2.05, 4.69) is 34.6 Å². The van der Waals surface area contributed by atoms with Gasteiger partial charge in [0.15, 0.2) is 0 Å². The summed E-state index contributed by atoms with van der Waals surface area (Å²) in [6.07, 6.45) is 2.88. The largest absolute Gasteiger partial charge is 0.0651 e. The molecule has 0 radical (unpaired) electrons. The Morgan fingerprint density at radius 1 is 1.25 bits per heavy atom. The summed E-state index contributed by atoms with van der Waals surface area (Å²) in [6, 6.07) is 0. The standard InChI is InChI=1S/C12H24/c1-6-11-7-9(4)12(11)10(5)8(2)3/h8-12H,6-7H2,1-5H3. The molecule has 0 bridgehead atoms. The monoisotopic (exact) mass is 168 g/mol. The summed E-state index contributed by atoms with van der Waals surface area (Å²) in [5.41, 5.74) is 0. The van der Waals surface area contributed by atoms with Crippen molar-refractivity contribution in [3.05, 3.63) is 0 Å². The van der Waals surface area contributed by atoms with Gasteiger partial charge in [-0.1, -0.05) is 41.0 Å². The average Bonchev–Trinajstić information content (AvgIpc) is 1.99. The number of rotatable bonds is 3. The minimum atomic E-state index is 0.867. The summed E-state index contributed by atoms with van der Waals surface area (Å²) in [5.74, 6) is 4.85. The molecule has 0 saturated heterocycles. The highest BCUT2D eigenvalue weighted by Crippen LogP contribution is 2.48. The van der Waals surface area contributed by atoms with Gasteiger partial charge >= 0.3 is 0 Å². The van der Waals surface area contributed by atoms with Crippen LogP contribution in [-0.4, -0.2) is 0 Å². The molecule has 1 rings (SSSR count). The Morgan fingerprint density at radius 2 is 1.83 bits per heavy atom. The fourth-order valence-corrected chi connectivity index (χ4v) is 2.89. The van der Waals surface area contributed by atoms with Crippen molar-refractivity contribution in [2.45, 2.75) is 47.5 Å². The quantitative estimate of drug-likeness (QED) is 0.598. The first-order chi connectivity index (χ1) is 5.57. The smallest absolute Gasteiger partial charge is 0.0332 e. The van der Waals surface area contributed by atoms with Gasteiger partial charge in [-0.3, -0.25) is 0 Å². The molecule has 4 atom stereocenters. The van der Waals surface area contributed by atoms with E-state index >= 15 is 0 Å². The summed E-state index contributed by atoms with van der Waals surface area (Å²) in [6.45, 7) is 11.9. The average molecular weight is 168 g/mol. The van der Waals surface area contributed by atoms with Crippen LogP contribution in [-0.2, 0) is 0 Å². The van der Waals surface area contributed by atoms with Gasteiger partial charge in [0, 0.05) is 0 Å². The summed E-state index contributed by atoms with van der Waals surface area (Å²) < 4.78 is 0. The summed E-state index contributed by atoms with van der Waals surface area (Å²) in [5, 5.41) is 0. The van der Waals surface area contributed by atoms with Gasteiger partial charge in [0.25, 0.3) is 0 Å². The van der Waals surface area contributed by atoms with Gasteiger partial charge in [0.2, 0.25) is 0 Å². The van der Waals surface area contributed by atoms with Gasteiger partial charge in [-0.05, 0) is 36.0 Å². The highest BCUT2D eigenvalue weighted by molar-refractivity contribution is 4.89. The first-order valence-corrected chi connectivity index (χ1v) is 5.57. The van der Waals surface area contributed by atoms with Crippen LogP contribution in [0.1, 0.15) is 47.5 Å². The zero-order chi connectivity index (χ0) is 9.30. The molecule has 4 unspecified atom stereocenters. The van der Waals surface area contributed by atoms with E-state index in [1.807, 2.05) is 0 Å². The van der Waals surface area contributed by atoms with Crippen LogP contribution in [0.4, 0.5) is 0 Å². The minimum Gasteiger partial charge on any atom is -0.0651 e. The number of hydrogen-bond donors (Lipinski definition) is 0. The van der Waals surface area contributed by atoms with E-state index < -0.39 is 0 Å². The molecule has 0 spiro atoms. The minimum absolute atomic E-state index is 0.867. The van der Waals surface area contributed by atoms with Crippen molar-refractivity contribution in [1.29, 1.82) is 0 Å². The fraction of sp³-hybridized carbons (Fsp3) is 1.00. The van der Waals surface area contributed by atoms with E-state index in [-0.39, 0.29) is 0 Å². The van der Waals surface area contributed by atoms with E-state index in [1.54, 1.807) is 0 Å². The zero-order valence-corrected chi connectivity index (χ0v) is 9.30. The predicted molar refractivity (Wildman–Crippen MR) is 55.1 cm³/mol. The molecule has 0 aromatic heterocycles. The van der Waals surface area contributed by atoms with Crippen LogP contribution >= 0.6 is 0 Å². The lowest BCUT2D eigenvalue weighted by Crippen LogP contribution is -2.40. The first-order valence-electron chi connectivity index (χ1n) is 5.57. The van der Waals surface area contributed by atoms with Gasteiger partial charge < -0.3 is 0 Å². The molecular formula is C12H24. The van der Waals surface area contributed by atoms with Gasteiger partial charge in [0.05, 0.1) is 0 Å². The highest BCUT2D eigenvalue weighted by Gasteiger charge is 2.40. The molecule has 1 aliphatic carbocycles. The van der Waals surface area contributed by atoms with Crippen LogP contribution in [0.2, 0.25) is 0 Å². The lowest BCUT2D eigenvalue weighted by Gasteiger charge is -2.47. The third kappa shape index (κ3) is 1.67. The molecule has 1 saturated carbocycles. The molecular weight excluding hydrogens is 144 g/mol. The predicted octanol–water partition coefficient (Wildman–Crippen LogP) is 3.96. The van der Waals surface area contributed by atoms with Gasteiger partial charge in [0.1, 0.15) is 0 Å². The zero-order valence-electron chi connectivity index (χ0n) is 9.30. The van der Waals surface area contributed by atoms with E-state index in [1.165, 1.54) is 12.8 Å². The second-order valence-corrected chi connectivity index (χ2v) is 5.06. The molecule has 1 aliphatic rings. The van der Waals surface area contributed by atoms with Crippen molar-refractivity contribution in [3.8, 4) is 0 Å². The SMILES string of the molecule is CCC1CC(C)C1C(C)C(C)C. The molecule has 0 heterocycles. The van der Waals surface area contributed by atoms with Crippen LogP contribution in [0, 0.1) is 29.6 Å². The molecule has 0 amide bonds. The van der Waals surface area contributed by atoms with Crippen molar-refractivity contribution < 1.29 is 0 Å². The third-order valence-corrected chi connectivity index (χ3v) is 4.06. The van der Waals surface area contributed by atoms with Crippen molar-refractivity contribution in [2.24, 2.45) is 29.6 Å². The molecule has 0 aromatic rings. The topological polar surface area (TPSA) is 0 Å². The maximum absolute atomic E-state index is 2.44. The Balaban J connectivity index is 2.48. The van der Waals surface area contributed by atoms with Crippen LogP contribution in [0.25, 0.3) is 0 Å².